The van der Waals surface area contributed by atoms with Crippen molar-refractivity contribution in [2.45, 2.75) is 95.3 Å². The van der Waals surface area contributed by atoms with Gasteiger partial charge in [-0.2, -0.15) is 0 Å². The van der Waals surface area contributed by atoms with Crippen molar-refractivity contribution in [3.63, 3.8) is 0 Å². The molecular weight excluding hydrogens is 234 g/mol. The third kappa shape index (κ3) is 3.33. The van der Waals surface area contributed by atoms with Crippen LogP contribution in [-0.2, 0) is 4.74 Å². The molecule has 1 aliphatic heterocycles. The lowest BCUT2D eigenvalue weighted by Crippen LogP contribution is -2.40. The number of rotatable bonds is 3. The molecule has 3 unspecified atom stereocenters. The number of nitrogens with one attached hydrogen (secondary N) is 1. The van der Waals surface area contributed by atoms with Gasteiger partial charge in [-0.1, -0.05) is 39.0 Å². The Kier molecular flexibility index (Phi) is 4.48. The quantitative estimate of drug-likeness (QED) is 0.778. The van der Waals surface area contributed by atoms with Crippen LogP contribution in [0.25, 0.3) is 0 Å². The molecule has 0 aromatic carbocycles. The van der Waals surface area contributed by atoms with E-state index in [1.165, 1.54) is 70.6 Å². The second-order valence-corrected chi connectivity index (χ2v) is 7.30. The van der Waals surface area contributed by atoms with Crippen LogP contribution in [0.3, 0.4) is 0 Å². The Morgan fingerprint density at radius 2 is 1.74 bits per heavy atom. The largest absolute Gasteiger partial charge is 0.370 e. The van der Waals surface area contributed by atoms with E-state index in [0.29, 0.717) is 11.7 Å². The average molecular weight is 265 g/mol. The van der Waals surface area contributed by atoms with Crippen molar-refractivity contribution in [3.8, 4) is 0 Å². The van der Waals surface area contributed by atoms with Crippen LogP contribution in [0.15, 0.2) is 0 Å². The van der Waals surface area contributed by atoms with Gasteiger partial charge in [0.2, 0.25) is 0 Å². The van der Waals surface area contributed by atoms with Gasteiger partial charge >= 0.3 is 0 Å². The van der Waals surface area contributed by atoms with Crippen LogP contribution in [-0.4, -0.2) is 24.3 Å². The summed E-state index contributed by atoms with van der Waals surface area (Å²) in [5.41, 5.74) is 0.307. The van der Waals surface area contributed by atoms with E-state index in [0.717, 1.165) is 18.5 Å². The summed E-state index contributed by atoms with van der Waals surface area (Å²) in [5, 5.41) is 3.83. The molecule has 2 aliphatic carbocycles. The van der Waals surface area contributed by atoms with Gasteiger partial charge in [-0.15, -0.1) is 0 Å². The number of hydrogen-bond donors (Lipinski definition) is 1. The highest BCUT2D eigenvalue weighted by atomic mass is 16.5. The Morgan fingerprint density at radius 1 is 0.947 bits per heavy atom. The molecule has 0 amide bonds. The molecule has 3 rings (SSSR count). The molecule has 1 saturated heterocycles. The maximum absolute atomic E-state index is 6.40. The molecule has 3 fully saturated rings. The fourth-order valence-electron chi connectivity index (χ4n) is 4.51. The minimum Gasteiger partial charge on any atom is -0.370 e. The van der Waals surface area contributed by atoms with Crippen LogP contribution in [0.2, 0.25) is 0 Å². The van der Waals surface area contributed by atoms with Crippen molar-refractivity contribution >= 4 is 0 Å². The zero-order chi connectivity index (χ0) is 13.1. The first-order chi connectivity index (χ1) is 9.27. The smallest absolute Gasteiger partial charge is 0.0708 e. The third-order valence-electron chi connectivity index (χ3n) is 5.82. The summed E-state index contributed by atoms with van der Waals surface area (Å²) < 4.78 is 6.40. The summed E-state index contributed by atoms with van der Waals surface area (Å²) in [6.45, 7) is 3.52. The van der Waals surface area contributed by atoms with E-state index in [1.807, 2.05) is 0 Å². The topological polar surface area (TPSA) is 21.3 Å². The van der Waals surface area contributed by atoms with E-state index >= 15 is 0 Å². The molecule has 2 heteroatoms. The minimum atomic E-state index is 0.307. The predicted molar refractivity (Wildman–Crippen MR) is 79.3 cm³/mol. The highest BCUT2D eigenvalue weighted by molar-refractivity contribution is 4.93. The molecule has 0 aromatic heterocycles. The van der Waals surface area contributed by atoms with Gasteiger partial charge < -0.3 is 10.1 Å². The summed E-state index contributed by atoms with van der Waals surface area (Å²) in [6.07, 6.45) is 15.6. The lowest BCUT2D eigenvalue weighted by molar-refractivity contribution is -0.0364. The van der Waals surface area contributed by atoms with Gasteiger partial charge in [-0.3, -0.25) is 0 Å². The summed E-state index contributed by atoms with van der Waals surface area (Å²) in [5.74, 6) is 0.851. The van der Waals surface area contributed by atoms with Gasteiger partial charge in [0.25, 0.3) is 0 Å². The van der Waals surface area contributed by atoms with Crippen LogP contribution in [0.5, 0.6) is 0 Å². The van der Waals surface area contributed by atoms with Crippen LogP contribution >= 0.6 is 0 Å². The second-order valence-electron chi connectivity index (χ2n) is 7.30. The molecule has 0 aromatic rings. The van der Waals surface area contributed by atoms with Crippen molar-refractivity contribution in [2.24, 2.45) is 5.92 Å². The Bertz CT molecular complexity index is 285. The molecule has 0 bridgehead atoms. The molecule has 1 heterocycles. The predicted octanol–water partition coefficient (Wildman–Crippen LogP) is 4.04. The second kappa shape index (κ2) is 6.13. The third-order valence-corrected chi connectivity index (χ3v) is 5.82. The van der Waals surface area contributed by atoms with E-state index in [-0.39, 0.29) is 0 Å². The number of hydrogen-bond acceptors (Lipinski definition) is 2. The van der Waals surface area contributed by atoms with E-state index in [2.05, 4.69) is 12.2 Å². The van der Waals surface area contributed by atoms with Crippen molar-refractivity contribution in [1.29, 1.82) is 0 Å². The van der Waals surface area contributed by atoms with Gasteiger partial charge in [-0.05, 0) is 44.4 Å². The van der Waals surface area contributed by atoms with Crippen LogP contribution in [0.1, 0.15) is 77.6 Å². The highest BCUT2D eigenvalue weighted by Gasteiger charge is 2.42. The van der Waals surface area contributed by atoms with E-state index < -0.39 is 0 Å². The molecular formula is C17H31NO. The molecule has 2 saturated carbocycles. The normalized spacial score (nSPS) is 38.7. The highest BCUT2D eigenvalue weighted by Crippen LogP contribution is 2.43. The average Bonchev–Trinajstić information content (AvgIpc) is 2.98. The van der Waals surface area contributed by atoms with Crippen molar-refractivity contribution in [2.75, 3.05) is 6.54 Å². The maximum atomic E-state index is 6.40. The zero-order valence-electron chi connectivity index (χ0n) is 12.6. The van der Waals surface area contributed by atoms with E-state index in [4.69, 9.17) is 4.74 Å². The molecule has 2 nitrogen and oxygen atoms in total. The summed E-state index contributed by atoms with van der Waals surface area (Å²) >= 11 is 0. The summed E-state index contributed by atoms with van der Waals surface area (Å²) in [4.78, 5) is 0. The standard InChI is InChI=1S/C17H31NO/c1-14-7-3-2-4-8-16(14)18-13-15-9-12-17(19-15)10-5-6-11-17/h14-16,18H,2-13H2,1H3. The zero-order valence-corrected chi connectivity index (χ0v) is 12.6. The van der Waals surface area contributed by atoms with Gasteiger partial charge in [-0.25, -0.2) is 0 Å². The van der Waals surface area contributed by atoms with Crippen LogP contribution < -0.4 is 5.32 Å². The summed E-state index contributed by atoms with van der Waals surface area (Å²) in [7, 11) is 0. The Morgan fingerprint density at radius 3 is 2.58 bits per heavy atom. The first-order valence-electron chi connectivity index (χ1n) is 8.69. The molecule has 3 aliphatic rings. The SMILES string of the molecule is CC1CCCCCC1NCC1CCC2(CCCC2)O1. The maximum Gasteiger partial charge on any atom is 0.0708 e. The van der Waals surface area contributed by atoms with Crippen molar-refractivity contribution < 1.29 is 4.74 Å². The molecule has 19 heavy (non-hydrogen) atoms. The Hall–Kier alpha value is -0.0800. The van der Waals surface area contributed by atoms with Crippen LogP contribution in [0, 0.1) is 5.92 Å². The molecule has 1 N–H and O–H groups in total. The first kappa shape index (κ1) is 13.9. The Balaban J connectivity index is 1.44. The van der Waals surface area contributed by atoms with Gasteiger partial charge in [0.15, 0.2) is 0 Å². The monoisotopic (exact) mass is 265 g/mol. The van der Waals surface area contributed by atoms with Gasteiger partial charge in [0, 0.05) is 12.6 Å². The molecule has 3 atom stereocenters. The van der Waals surface area contributed by atoms with Crippen molar-refractivity contribution in [1.82, 2.24) is 5.32 Å². The lowest BCUT2D eigenvalue weighted by atomic mass is 9.96. The van der Waals surface area contributed by atoms with Gasteiger partial charge in [0.1, 0.15) is 0 Å². The number of ether oxygens (including phenoxy) is 1. The fraction of sp³-hybridized carbons (Fsp3) is 1.00. The Labute approximate surface area is 118 Å². The van der Waals surface area contributed by atoms with Crippen molar-refractivity contribution in [3.05, 3.63) is 0 Å². The lowest BCUT2D eigenvalue weighted by Gasteiger charge is -2.27. The summed E-state index contributed by atoms with van der Waals surface area (Å²) in [6, 6.07) is 0.742. The van der Waals surface area contributed by atoms with Gasteiger partial charge in [0.05, 0.1) is 11.7 Å². The van der Waals surface area contributed by atoms with E-state index in [1.54, 1.807) is 0 Å². The first-order valence-corrected chi connectivity index (χ1v) is 8.69. The van der Waals surface area contributed by atoms with Crippen LogP contribution in [0.4, 0.5) is 0 Å². The molecule has 110 valence electrons. The van der Waals surface area contributed by atoms with E-state index in [9.17, 15) is 0 Å². The minimum absolute atomic E-state index is 0.307. The molecule has 1 spiro atoms. The molecule has 0 radical (unpaired) electrons. The fourth-order valence-corrected chi connectivity index (χ4v) is 4.51.